The Labute approximate surface area is 119 Å². The van der Waals surface area contributed by atoms with Crippen molar-refractivity contribution in [1.82, 2.24) is 20.1 Å². The Kier molecular flexibility index (Phi) is 4.42. The van der Waals surface area contributed by atoms with Crippen LogP contribution in [-0.2, 0) is 13.6 Å². The summed E-state index contributed by atoms with van der Waals surface area (Å²) in [5, 5.41) is 12.2. The van der Waals surface area contributed by atoms with Crippen LogP contribution in [0, 0.1) is 6.92 Å². The molecule has 0 radical (unpaired) electrons. The molecule has 0 saturated heterocycles. The summed E-state index contributed by atoms with van der Waals surface area (Å²) in [5.41, 5.74) is 1.25. The van der Waals surface area contributed by atoms with Crippen molar-refractivity contribution >= 4 is 27.7 Å². The standard InChI is InChI=1S/C12H15BrN4S/c1-8-15-16-12(17(8)3)18-10-5-4-9(7-14-2)11(13)6-10/h4-6,14H,7H2,1-3H3. The molecule has 6 heteroatoms. The highest BCUT2D eigenvalue weighted by molar-refractivity contribution is 9.10. The third-order valence-electron chi connectivity index (χ3n) is 2.65. The summed E-state index contributed by atoms with van der Waals surface area (Å²) in [5.74, 6) is 0.920. The van der Waals surface area contributed by atoms with Gasteiger partial charge in [0.15, 0.2) is 5.16 Å². The molecule has 2 rings (SSSR count). The van der Waals surface area contributed by atoms with Gasteiger partial charge in [-0.2, -0.15) is 0 Å². The van der Waals surface area contributed by atoms with Gasteiger partial charge >= 0.3 is 0 Å². The van der Waals surface area contributed by atoms with E-state index in [1.54, 1.807) is 11.8 Å². The van der Waals surface area contributed by atoms with Gasteiger partial charge in [-0.3, -0.25) is 0 Å². The van der Waals surface area contributed by atoms with E-state index in [4.69, 9.17) is 0 Å². The minimum atomic E-state index is 0.856. The molecular formula is C12H15BrN4S. The van der Waals surface area contributed by atoms with E-state index in [1.165, 1.54) is 5.56 Å². The summed E-state index contributed by atoms with van der Waals surface area (Å²) in [6.07, 6.45) is 0. The number of nitrogens with zero attached hydrogens (tertiary/aromatic N) is 3. The van der Waals surface area contributed by atoms with Crippen molar-refractivity contribution in [3.63, 3.8) is 0 Å². The first-order valence-corrected chi connectivity index (χ1v) is 7.19. The molecular weight excluding hydrogens is 312 g/mol. The molecule has 0 bridgehead atoms. The molecule has 0 saturated carbocycles. The lowest BCUT2D eigenvalue weighted by atomic mass is 10.2. The topological polar surface area (TPSA) is 42.7 Å². The molecule has 1 N–H and O–H groups in total. The number of nitrogens with one attached hydrogen (secondary N) is 1. The van der Waals surface area contributed by atoms with Gasteiger partial charge < -0.3 is 9.88 Å². The summed E-state index contributed by atoms with van der Waals surface area (Å²) in [7, 11) is 3.92. The van der Waals surface area contributed by atoms with Crippen LogP contribution in [0.25, 0.3) is 0 Å². The van der Waals surface area contributed by atoms with Crippen molar-refractivity contribution < 1.29 is 0 Å². The highest BCUT2D eigenvalue weighted by Crippen LogP contribution is 2.29. The predicted molar refractivity (Wildman–Crippen MR) is 76.8 cm³/mol. The van der Waals surface area contributed by atoms with Gasteiger partial charge in [0, 0.05) is 23.0 Å². The van der Waals surface area contributed by atoms with Crippen LogP contribution < -0.4 is 5.32 Å². The van der Waals surface area contributed by atoms with E-state index in [2.05, 4.69) is 49.6 Å². The fourth-order valence-corrected chi connectivity index (χ4v) is 3.05. The van der Waals surface area contributed by atoms with Crippen LogP contribution in [0.5, 0.6) is 0 Å². The molecule has 0 aliphatic rings. The molecule has 18 heavy (non-hydrogen) atoms. The molecule has 1 aromatic heterocycles. The second-order valence-electron chi connectivity index (χ2n) is 3.97. The second kappa shape index (κ2) is 5.86. The maximum absolute atomic E-state index is 4.15. The molecule has 4 nitrogen and oxygen atoms in total. The first-order chi connectivity index (χ1) is 8.61. The SMILES string of the molecule is CNCc1ccc(Sc2nnc(C)n2C)cc1Br. The van der Waals surface area contributed by atoms with Crippen LogP contribution in [0.4, 0.5) is 0 Å². The summed E-state index contributed by atoms with van der Waals surface area (Å²) in [6, 6.07) is 6.33. The first kappa shape index (κ1) is 13.6. The summed E-state index contributed by atoms with van der Waals surface area (Å²) in [4.78, 5) is 1.15. The van der Waals surface area contributed by atoms with Gasteiger partial charge in [-0.25, -0.2) is 0 Å². The van der Waals surface area contributed by atoms with Gasteiger partial charge in [-0.1, -0.05) is 22.0 Å². The van der Waals surface area contributed by atoms with E-state index in [-0.39, 0.29) is 0 Å². The quantitative estimate of drug-likeness (QED) is 0.938. The third-order valence-corrected chi connectivity index (χ3v) is 4.42. The third kappa shape index (κ3) is 2.93. The van der Waals surface area contributed by atoms with E-state index in [0.29, 0.717) is 0 Å². The largest absolute Gasteiger partial charge is 0.316 e. The van der Waals surface area contributed by atoms with Gasteiger partial charge in [0.1, 0.15) is 5.82 Å². The van der Waals surface area contributed by atoms with Gasteiger partial charge in [-0.05, 0) is 43.4 Å². The van der Waals surface area contributed by atoms with E-state index < -0.39 is 0 Å². The van der Waals surface area contributed by atoms with E-state index in [0.717, 1.165) is 26.9 Å². The molecule has 0 fully saturated rings. The van der Waals surface area contributed by atoms with Crippen LogP contribution >= 0.6 is 27.7 Å². The Morgan fingerprint density at radius 1 is 1.39 bits per heavy atom. The van der Waals surface area contributed by atoms with Crippen LogP contribution in [0.1, 0.15) is 11.4 Å². The minimum Gasteiger partial charge on any atom is -0.316 e. The Hall–Kier alpha value is -0.850. The van der Waals surface area contributed by atoms with Gasteiger partial charge in [0.05, 0.1) is 0 Å². The Bertz CT molecular complexity index is 553. The predicted octanol–water partition coefficient (Wildman–Crippen LogP) is 2.76. The highest BCUT2D eigenvalue weighted by Gasteiger charge is 2.08. The fraction of sp³-hybridized carbons (Fsp3) is 0.333. The number of benzene rings is 1. The average Bonchev–Trinajstić information content (AvgIpc) is 2.65. The first-order valence-electron chi connectivity index (χ1n) is 5.58. The molecule has 0 unspecified atom stereocenters. The van der Waals surface area contributed by atoms with Crippen molar-refractivity contribution in [3.05, 3.63) is 34.1 Å². The Balaban J connectivity index is 2.20. The smallest absolute Gasteiger partial charge is 0.195 e. The van der Waals surface area contributed by atoms with E-state index >= 15 is 0 Å². The second-order valence-corrected chi connectivity index (χ2v) is 5.87. The van der Waals surface area contributed by atoms with Crippen molar-refractivity contribution in [3.8, 4) is 0 Å². The van der Waals surface area contributed by atoms with Crippen LogP contribution in [0.15, 0.2) is 32.7 Å². The molecule has 96 valence electrons. The number of hydrogen-bond acceptors (Lipinski definition) is 4. The van der Waals surface area contributed by atoms with Crippen molar-refractivity contribution in [2.75, 3.05) is 7.05 Å². The molecule has 0 aliphatic carbocycles. The molecule has 1 aromatic carbocycles. The van der Waals surface area contributed by atoms with Gasteiger partial charge in [0.2, 0.25) is 0 Å². The number of hydrogen-bond donors (Lipinski definition) is 1. The summed E-state index contributed by atoms with van der Waals surface area (Å²) >= 11 is 5.20. The number of aromatic nitrogens is 3. The average molecular weight is 327 g/mol. The molecule has 0 spiro atoms. The van der Waals surface area contributed by atoms with Gasteiger partial charge in [0.25, 0.3) is 0 Å². The lowest BCUT2D eigenvalue weighted by Crippen LogP contribution is -2.05. The zero-order valence-electron chi connectivity index (χ0n) is 10.6. The van der Waals surface area contributed by atoms with Crippen LogP contribution in [0.3, 0.4) is 0 Å². The highest BCUT2D eigenvalue weighted by atomic mass is 79.9. The van der Waals surface area contributed by atoms with Crippen molar-refractivity contribution in [2.24, 2.45) is 7.05 Å². The van der Waals surface area contributed by atoms with Crippen molar-refractivity contribution in [1.29, 1.82) is 0 Å². The maximum Gasteiger partial charge on any atom is 0.195 e. The summed E-state index contributed by atoms with van der Waals surface area (Å²) < 4.78 is 3.10. The Morgan fingerprint density at radius 3 is 2.72 bits per heavy atom. The van der Waals surface area contributed by atoms with E-state index in [1.807, 2.05) is 25.6 Å². The number of halogens is 1. The normalized spacial score (nSPS) is 10.9. The zero-order valence-corrected chi connectivity index (χ0v) is 13.0. The maximum atomic E-state index is 4.15. The molecule has 0 atom stereocenters. The molecule has 0 aliphatic heterocycles. The zero-order chi connectivity index (χ0) is 13.1. The molecule has 0 amide bonds. The number of aryl methyl sites for hydroxylation is 1. The summed E-state index contributed by atoms with van der Waals surface area (Å²) in [6.45, 7) is 2.80. The fourth-order valence-electron chi connectivity index (χ4n) is 1.51. The molecule has 1 heterocycles. The van der Waals surface area contributed by atoms with Crippen LogP contribution in [0.2, 0.25) is 0 Å². The monoisotopic (exact) mass is 326 g/mol. The Morgan fingerprint density at radius 2 is 2.17 bits per heavy atom. The molecule has 2 aromatic rings. The van der Waals surface area contributed by atoms with Gasteiger partial charge in [-0.15, -0.1) is 10.2 Å². The lowest BCUT2D eigenvalue weighted by Gasteiger charge is -2.06. The number of rotatable bonds is 4. The van der Waals surface area contributed by atoms with Crippen LogP contribution in [-0.4, -0.2) is 21.8 Å². The van der Waals surface area contributed by atoms with E-state index in [9.17, 15) is 0 Å². The minimum absolute atomic E-state index is 0.856. The lowest BCUT2D eigenvalue weighted by molar-refractivity contribution is 0.765. The van der Waals surface area contributed by atoms with Crippen molar-refractivity contribution in [2.45, 2.75) is 23.5 Å².